The number of hydrogen-bond acceptors (Lipinski definition) is 2. The third-order valence-electron chi connectivity index (χ3n) is 6.94. The fraction of sp³-hybridized carbons (Fsp3) is 0.950. The number of ketones is 1. The number of nitrogens with zero attached hydrogens (tertiary/aromatic N) is 1. The highest BCUT2D eigenvalue weighted by molar-refractivity contribution is 5.79. The van der Waals surface area contributed by atoms with Crippen molar-refractivity contribution in [1.82, 2.24) is 4.90 Å². The van der Waals surface area contributed by atoms with E-state index in [0.29, 0.717) is 17.7 Å². The van der Waals surface area contributed by atoms with Crippen LogP contribution in [0.15, 0.2) is 0 Å². The van der Waals surface area contributed by atoms with Crippen molar-refractivity contribution in [3.05, 3.63) is 0 Å². The van der Waals surface area contributed by atoms with Gasteiger partial charge in [0.2, 0.25) is 0 Å². The predicted octanol–water partition coefficient (Wildman–Crippen LogP) is 4.67. The van der Waals surface area contributed by atoms with E-state index in [1.54, 1.807) is 0 Å². The summed E-state index contributed by atoms with van der Waals surface area (Å²) < 4.78 is 0. The fourth-order valence-corrected chi connectivity index (χ4v) is 5.97. The summed E-state index contributed by atoms with van der Waals surface area (Å²) in [7, 11) is 2.30. The van der Waals surface area contributed by atoms with E-state index in [1.807, 2.05) is 6.92 Å². The molecule has 126 valence electrons. The second-order valence-electron chi connectivity index (χ2n) is 8.37. The van der Waals surface area contributed by atoms with Gasteiger partial charge in [0.05, 0.1) is 0 Å². The van der Waals surface area contributed by atoms with Crippen molar-refractivity contribution >= 4 is 5.78 Å². The van der Waals surface area contributed by atoms with Crippen LogP contribution in [0.4, 0.5) is 0 Å². The van der Waals surface area contributed by atoms with Crippen molar-refractivity contribution in [3.63, 3.8) is 0 Å². The Morgan fingerprint density at radius 1 is 0.818 bits per heavy atom. The molecule has 1 saturated heterocycles. The molecule has 0 N–H and O–H groups in total. The van der Waals surface area contributed by atoms with Crippen molar-refractivity contribution in [3.8, 4) is 0 Å². The van der Waals surface area contributed by atoms with E-state index < -0.39 is 0 Å². The molecule has 2 nitrogen and oxygen atoms in total. The molecule has 0 amide bonds. The summed E-state index contributed by atoms with van der Waals surface area (Å²) in [6.45, 7) is 3.10. The van der Waals surface area contributed by atoms with Gasteiger partial charge in [-0.15, -0.1) is 0 Å². The molecule has 3 rings (SSSR count). The minimum atomic E-state index is 0.307. The van der Waals surface area contributed by atoms with Crippen LogP contribution in [0.5, 0.6) is 0 Å². The maximum atomic E-state index is 12.4. The predicted molar refractivity (Wildman–Crippen MR) is 91.8 cm³/mol. The molecule has 3 aliphatic rings. The van der Waals surface area contributed by atoms with Gasteiger partial charge in [0.25, 0.3) is 0 Å². The lowest BCUT2D eigenvalue weighted by atomic mass is 9.71. The SMILES string of the molecule is CC(=O)C1CCCCC[C@@H]2CCCCCCC3CN(C)C1[C@@H]32. The van der Waals surface area contributed by atoms with Gasteiger partial charge < -0.3 is 4.90 Å². The number of rotatable bonds is 1. The molecule has 1 aliphatic heterocycles. The molecule has 3 unspecified atom stereocenters. The van der Waals surface area contributed by atoms with Gasteiger partial charge in [-0.25, -0.2) is 0 Å². The summed E-state index contributed by atoms with van der Waals surface area (Å²) in [5.74, 6) is 3.31. The fourth-order valence-electron chi connectivity index (χ4n) is 5.97. The van der Waals surface area contributed by atoms with Crippen LogP contribution in [-0.4, -0.2) is 30.3 Å². The molecular weight excluding hydrogens is 270 g/mol. The summed E-state index contributed by atoms with van der Waals surface area (Å²) in [5, 5.41) is 0. The number of hydrogen-bond donors (Lipinski definition) is 0. The highest BCUT2D eigenvalue weighted by Gasteiger charge is 2.47. The van der Waals surface area contributed by atoms with Crippen LogP contribution in [-0.2, 0) is 4.79 Å². The average molecular weight is 306 g/mol. The van der Waals surface area contributed by atoms with E-state index >= 15 is 0 Å². The first kappa shape index (κ1) is 16.5. The molecule has 0 aromatic heterocycles. The van der Waals surface area contributed by atoms with Gasteiger partial charge in [-0.2, -0.15) is 0 Å². The van der Waals surface area contributed by atoms with Gasteiger partial charge in [-0.3, -0.25) is 4.79 Å². The Morgan fingerprint density at radius 2 is 1.36 bits per heavy atom. The van der Waals surface area contributed by atoms with Crippen molar-refractivity contribution < 1.29 is 4.79 Å². The second kappa shape index (κ2) is 7.47. The zero-order chi connectivity index (χ0) is 15.5. The number of likely N-dealkylation sites (tertiary alicyclic amines) is 1. The van der Waals surface area contributed by atoms with Crippen LogP contribution in [0.3, 0.4) is 0 Å². The third kappa shape index (κ3) is 3.42. The Hall–Kier alpha value is -0.370. The van der Waals surface area contributed by atoms with Crippen LogP contribution in [0.2, 0.25) is 0 Å². The lowest BCUT2D eigenvalue weighted by Crippen LogP contribution is -2.42. The van der Waals surface area contributed by atoms with Crippen LogP contribution in [0.25, 0.3) is 0 Å². The number of Topliss-reactive ketones (excluding diaryl/α,β-unsaturated/α-hetero) is 1. The smallest absolute Gasteiger partial charge is 0.134 e. The Kier molecular flexibility index (Phi) is 5.60. The molecule has 0 aromatic carbocycles. The molecule has 0 spiro atoms. The lowest BCUT2D eigenvalue weighted by molar-refractivity contribution is -0.123. The molecular formula is C20H35NO. The van der Waals surface area contributed by atoms with Crippen molar-refractivity contribution in [1.29, 1.82) is 0 Å². The van der Waals surface area contributed by atoms with E-state index in [-0.39, 0.29) is 0 Å². The average Bonchev–Trinajstić information content (AvgIpc) is 2.86. The van der Waals surface area contributed by atoms with Gasteiger partial charge in [0.1, 0.15) is 5.78 Å². The quantitative estimate of drug-likeness (QED) is 0.701. The van der Waals surface area contributed by atoms with Gasteiger partial charge in [0.15, 0.2) is 0 Å². The lowest BCUT2D eigenvalue weighted by Gasteiger charge is -2.36. The van der Waals surface area contributed by atoms with Crippen LogP contribution < -0.4 is 0 Å². The normalized spacial score (nSPS) is 41.3. The van der Waals surface area contributed by atoms with Crippen LogP contribution in [0, 0.1) is 23.7 Å². The maximum Gasteiger partial charge on any atom is 0.134 e. The number of carbonyl (C=O) groups is 1. The van der Waals surface area contributed by atoms with Gasteiger partial charge >= 0.3 is 0 Å². The Balaban J connectivity index is 1.91. The van der Waals surface area contributed by atoms with Crippen LogP contribution in [0.1, 0.15) is 77.6 Å². The van der Waals surface area contributed by atoms with E-state index in [9.17, 15) is 4.79 Å². The third-order valence-corrected chi connectivity index (χ3v) is 6.94. The highest BCUT2D eigenvalue weighted by Crippen LogP contribution is 2.46. The highest BCUT2D eigenvalue weighted by atomic mass is 16.1. The molecule has 2 saturated carbocycles. The van der Waals surface area contributed by atoms with Crippen LogP contribution >= 0.6 is 0 Å². The largest absolute Gasteiger partial charge is 0.302 e. The Labute approximate surface area is 137 Å². The number of carbonyl (C=O) groups excluding carboxylic acids is 1. The second-order valence-corrected chi connectivity index (χ2v) is 8.37. The van der Waals surface area contributed by atoms with E-state index in [4.69, 9.17) is 0 Å². The summed E-state index contributed by atoms with van der Waals surface area (Å²) in [5.41, 5.74) is 0. The molecule has 2 heteroatoms. The Morgan fingerprint density at radius 3 is 2.00 bits per heavy atom. The van der Waals surface area contributed by atoms with E-state index in [1.165, 1.54) is 70.8 Å². The summed E-state index contributed by atoms with van der Waals surface area (Å²) >= 11 is 0. The van der Waals surface area contributed by atoms with Crippen molar-refractivity contribution in [2.24, 2.45) is 23.7 Å². The maximum absolute atomic E-state index is 12.4. The minimum absolute atomic E-state index is 0.307. The van der Waals surface area contributed by atoms with Crippen molar-refractivity contribution in [2.45, 2.75) is 83.6 Å². The zero-order valence-electron chi connectivity index (χ0n) is 14.7. The van der Waals surface area contributed by atoms with E-state index in [2.05, 4.69) is 11.9 Å². The van der Waals surface area contributed by atoms with E-state index in [0.717, 1.165) is 24.2 Å². The molecule has 5 atom stereocenters. The monoisotopic (exact) mass is 305 g/mol. The molecule has 2 aliphatic carbocycles. The first-order chi connectivity index (χ1) is 10.7. The first-order valence-electron chi connectivity index (χ1n) is 9.89. The van der Waals surface area contributed by atoms with Gasteiger partial charge in [-0.1, -0.05) is 57.8 Å². The molecule has 3 fully saturated rings. The molecule has 0 bridgehead atoms. The minimum Gasteiger partial charge on any atom is -0.302 e. The summed E-state index contributed by atoms with van der Waals surface area (Å²) in [6.07, 6.45) is 15.1. The standard InChI is InChI=1S/C20H35NO/c1-15(22)18-13-9-5-8-11-16-10-6-3-4-7-12-17-14-21(2)20(18)19(16)17/h16-20H,3-14H2,1-2H3/t16-,17?,18?,19+,20?/m0/s1. The molecule has 1 heterocycles. The summed E-state index contributed by atoms with van der Waals surface area (Å²) in [6, 6.07) is 0.545. The molecule has 0 radical (unpaired) electrons. The summed E-state index contributed by atoms with van der Waals surface area (Å²) in [4.78, 5) is 15.0. The first-order valence-corrected chi connectivity index (χ1v) is 9.89. The van der Waals surface area contributed by atoms with Gasteiger partial charge in [0, 0.05) is 18.5 Å². The molecule has 0 aromatic rings. The van der Waals surface area contributed by atoms with Crippen molar-refractivity contribution in [2.75, 3.05) is 13.6 Å². The topological polar surface area (TPSA) is 20.3 Å². The Bertz CT molecular complexity index is 378. The molecule has 22 heavy (non-hydrogen) atoms. The van der Waals surface area contributed by atoms with Gasteiger partial charge in [-0.05, 0) is 44.6 Å². The zero-order valence-corrected chi connectivity index (χ0v) is 14.7.